The van der Waals surface area contributed by atoms with Crippen LogP contribution >= 0.6 is 0 Å². The predicted molar refractivity (Wildman–Crippen MR) is 86.5 cm³/mol. The second-order valence-electron chi connectivity index (χ2n) is 5.97. The van der Waals surface area contributed by atoms with E-state index in [9.17, 15) is 14.4 Å². The fourth-order valence-electron chi connectivity index (χ4n) is 2.66. The third-order valence-electron chi connectivity index (χ3n) is 3.94. The van der Waals surface area contributed by atoms with E-state index in [1.807, 2.05) is 0 Å². The molecule has 6 nitrogen and oxygen atoms in total. The van der Waals surface area contributed by atoms with Crippen molar-refractivity contribution < 1.29 is 19.5 Å². The Morgan fingerprint density at radius 3 is 2.39 bits per heavy atom. The van der Waals surface area contributed by atoms with Crippen molar-refractivity contribution in [3.63, 3.8) is 0 Å². The second-order valence-corrected chi connectivity index (χ2v) is 5.97. The Labute approximate surface area is 135 Å². The van der Waals surface area contributed by atoms with Gasteiger partial charge in [-0.1, -0.05) is 0 Å². The van der Waals surface area contributed by atoms with Crippen LogP contribution in [0, 0.1) is 0 Å². The molecular weight excluding hydrogens is 296 g/mol. The van der Waals surface area contributed by atoms with E-state index in [4.69, 9.17) is 5.11 Å². The lowest BCUT2D eigenvalue weighted by molar-refractivity contribution is -0.138. The van der Waals surface area contributed by atoms with Crippen molar-refractivity contribution in [3.8, 4) is 0 Å². The molecule has 1 aliphatic rings. The van der Waals surface area contributed by atoms with E-state index in [1.165, 1.54) is 4.90 Å². The summed E-state index contributed by atoms with van der Waals surface area (Å²) in [5, 5.41) is 8.93. The molecule has 0 saturated carbocycles. The zero-order chi connectivity index (χ0) is 17.0. The van der Waals surface area contributed by atoms with Gasteiger partial charge in [-0.2, -0.15) is 0 Å². The zero-order valence-electron chi connectivity index (χ0n) is 13.5. The monoisotopic (exact) mass is 318 g/mol. The Balaban J connectivity index is 2.16. The van der Waals surface area contributed by atoms with Gasteiger partial charge in [0, 0.05) is 30.3 Å². The highest BCUT2D eigenvalue weighted by Crippen LogP contribution is 2.22. The molecule has 0 spiro atoms. The van der Waals surface area contributed by atoms with E-state index in [0.29, 0.717) is 18.5 Å². The molecule has 124 valence electrons. The molecule has 0 aromatic heterocycles. The lowest BCUT2D eigenvalue weighted by Crippen LogP contribution is -2.40. The number of anilines is 1. The third-order valence-corrected chi connectivity index (χ3v) is 3.94. The second kappa shape index (κ2) is 7.26. The van der Waals surface area contributed by atoms with Gasteiger partial charge in [0.25, 0.3) is 5.91 Å². The van der Waals surface area contributed by atoms with E-state index >= 15 is 0 Å². The molecule has 1 fully saturated rings. The van der Waals surface area contributed by atoms with Crippen molar-refractivity contribution in [1.82, 2.24) is 4.90 Å². The molecular formula is C17H22N2O4. The van der Waals surface area contributed by atoms with E-state index in [1.54, 1.807) is 43.0 Å². The van der Waals surface area contributed by atoms with E-state index in [2.05, 4.69) is 0 Å². The Hall–Kier alpha value is -2.37. The largest absolute Gasteiger partial charge is 0.480 e. The number of aliphatic carboxylic acids is 1. The first-order valence-corrected chi connectivity index (χ1v) is 7.83. The maximum atomic E-state index is 12.5. The minimum absolute atomic E-state index is 0.102. The maximum absolute atomic E-state index is 12.5. The molecule has 1 N–H and O–H groups in total. The number of hydrogen-bond donors (Lipinski definition) is 1. The molecule has 1 saturated heterocycles. The van der Waals surface area contributed by atoms with Crippen LogP contribution in [-0.4, -0.2) is 46.9 Å². The number of carboxylic acid groups (broad SMARTS) is 1. The van der Waals surface area contributed by atoms with Gasteiger partial charge in [-0.15, -0.1) is 0 Å². The van der Waals surface area contributed by atoms with Crippen LogP contribution in [0.15, 0.2) is 24.3 Å². The fraction of sp³-hybridized carbons (Fsp3) is 0.471. The summed E-state index contributed by atoms with van der Waals surface area (Å²) in [6.07, 6.45) is 2.46. The summed E-state index contributed by atoms with van der Waals surface area (Å²) < 4.78 is 0. The first kappa shape index (κ1) is 17.0. The Kier molecular flexibility index (Phi) is 5.36. The smallest absolute Gasteiger partial charge is 0.323 e. The summed E-state index contributed by atoms with van der Waals surface area (Å²) >= 11 is 0. The quantitative estimate of drug-likeness (QED) is 0.902. The van der Waals surface area contributed by atoms with Crippen LogP contribution in [0.5, 0.6) is 0 Å². The van der Waals surface area contributed by atoms with Gasteiger partial charge in [-0.3, -0.25) is 14.4 Å². The highest BCUT2D eigenvalue weighted by Gasteiger charge is 2.23. The Bertz CT molecular complexity index is 595. The van der Waals surface area contributed by atoms with E-state index in [0.717, 1.165) is 18.5 Å². The number of carbonyl (C=O) groups excluding carboxylic acids is 2. The number of carboxylic acids is 1. The molecule has 2 rings (SSSR count). The summed E-state index contributed by atoms with van der Waals surface area (Å²) in [7, 11) is 0. The van der Waals surface area contributed by atoms with Crippen LogP contribution in [0.25, 0.3) is 0 Å². The summed E-state index contributed by atoms with van der Waals surface area (Å²) in [5.41, 5.74) is 1.20. The van der Waals surface area contributed by atoms with Crippen molar-refractivity contribution in [1.29, 1.82) is 0 Å². The van der Waals surface area contributed by atoms with Crippen LogP contribution in [-0.2, 0) is 9.59 Å². The number of rotatable bonds is 5. The van der Waals surface area contributed by atoms with Crippen LogP contribution in [0.3, 0.4) is 0 Å². The Morgan fingerprint density at radius 2 is 1.87 bits per heavy atom. The van der Waals surface area contributed by atoms with Crippen molar-refractivity contribution in [2.24, 2.45) is 0 Å². The number of piperidine rings is 1. The molecule has 0 aliphatic carbocycles. The first-order valence-electron chi connectivity index (χ1n) is 7.83. The molecule has 0 bridgehead atoms. The van der Waals surface area contributed by atoms with Crippen molar-refractivity contribution in [2.75, 3.05) is 18.0 Å². The third kappa shape index (κ3) is 4.09. The fourth-order valence-corrected chi connectivity index (χ4v) is 2.66. The number of benzene rings is 1. The molecule has 1 heterocycles. The standard InChI is InChI=1S/C17H22N2O4/c1-12(2)19(11-16(21)22)17(23)13-6-8-14(9-7-13)18-10-4-3-5-15(18)20/h6-9,12H,3-5,10-11H2,1-2H3,(H,21,22). The van der Waals surface area contributed by atoms with E-state index < -0.39 is 5.97 Å². The van der Waals surface area contributed by atoms with Gasteiger partial charge in [0.2, 0.25) is 5.91 Å². The lowest BCUT2D eigenvalue weighted by Gasteiger charge is -2.27. The minimum atomic E-state index is -1.04. The Morgan fingerprint density at radius 1 is 1.22 bits per heavy atom. The predicted octanol–water partition coefficient (Wildman–Crippen LogP) is 2.14. The molecule has 1 aromatic rings. The summed E-state index contributed by atoms with van der Waals surface area (Å²) in [6.45, 7) is 3.93. The zero-order valence-corrected chi connectivity index (χ0v) is 13.5. The molecule has 6 heteroatoms. The van der Waals surface area contributed by atoms with Crippen LogP contribution < -0.4 is 4.90 Å². The number of amides is 2. The minimum Gasteiger partial charge on any atom is -0.480 e. The normalized spacial score (nSPS) is 14.9. The molecule has 0 unspecified atom stereocenters. The van der Waals surface area contributed by atoms with Crippen LogP contribution in [0.4, 0.5) is 5.69 Å². The van der Waals surface area contributed by atoms with Crippen molar-refractivity contribution in [3.05, 3.63) is 29.8 Å². The van der Waals surface area contributed by atoms with Gasteiger partial charge in [0.1, 0.15) is 6.54 Å². The molecule has 1 aliphatic heterocycles. The van der Waals surface area contributed by atoms with Crippen LogP contribution in [0.2, 0.25) is 0 Å². The molecule has 23 heavy (non-hydrogen) atoms. The van der Waals surface area contributed by atoms with E-state index in [-0.39, 0.29) is 24.4 Å². The SMILES string of the molecule is CC(C)N(CC(=O)O)C(=O)c1ccc(N2CCCCC2=O)cc1. The first-order chi connectivity index (χ1) is 10.9. The molecule has 1 aromatic carbocycles. The van der Waals surface area contributed by atoms with Crippen molar-refractivity contribution >= 4 is 23.5 Å². The molecule has 0 atom stereocenters. The van der Waals surface area contributed by atoms with Gasteiger partial charge in [-0.05, 0) is 51.0 Å². The maximum Gasteiger partial charge on any atom is 0.323 e. The summed E-state index contributed by atoms with van der Waals surface area (Å²) in [6, 6.07) is 6.58. The van der Waals surface area contributed by atoms with Gasteiger partial charge < -0.3 is 14.9 Å². The number of hydrogen-bond acceptors (Lipinski definition) is 3. The number of carbonyl (C=O) groups is 3. The van der Waals surface area contributed by atoms with Crippen LogP contribution in [0.1, 0.15) is 43.5 Å². The van der Waals surface area contributed by atoms with Gasteiger partial charge in [-0.25, -0.2) is 0 Å². The summed E-state index contributed by atoms with van der Waals surface area (Å²) in [4.78, 5) is 38.3. The number of nitrogens with zero attached hydrogens (tertiary/aromatic N) is 2. The lowest BCUT2D eigenvalue weighted by atomic mass is 10.1. The highest BCUT2D eigenvalue weighted by atomic mass is 16.4. The topological polar surface area (TPSA) is 77.9 Å². The molecule has 2 amide bonds. The van der Waals surface area contributed by atoms with Gasteiger partial charge in [0.05, 0.1) is 0 Å². The van der Waals surface area contributed by atoms with Gasteiger partial charge in [0.15, 0.2) is 0 Å². The van der Waals surface area contributed by atoms with Crippen molar-refractivity contribution in [2.45, 2.75) is 39.2 Å². The summed E-state index contributed by atoms with van der Waals surface area (Å²) in [5.74, 6) is -1.26. The molecule has 0 radical (unpaired) electrons. The highest BCUT2D eigenvalue weighted by molar-refractivity contribution is 5.98. The average Bonchev–Trinajstić information content (AvgIpc) is 2.52. The van der Waals surface area contributed by atoms with Gasteiger partial charge >= 0.3 is 5.97 Å². The average molecular weight is 318 g/mol.